The molecule has 6 heteroatoms. The summed E-state index contributed by atoms with van der Waals surface area (Å²) in [7, 11) is 4.02. The minimum absolute atomic E-state index is 0.0318. The number of anilines is 2. The van der Waals surface area contributed by atoms with Crippen LogP contribution in [0.25, 0.3) is 0 Å². The van der Waals surface area contributed by atoms with Crippen LogP contribution in [0.15, 0.2) is 30.3 Å². The summed E-state index contributed by atoms with van der Waals surface area (Å²) in [6.07, 6.45) is 3.28. The molecule has 1 fully saturated rings. The lowest BCUT2D eigenvalue weighted by Crippen LogP contribution is -2.13. The fourth-order valence-corrected chi connectivity index (χ4v) is 2.84. The second-order valence-corrected chi connectivity index (χ2v) is 6.32. The highest BCUT2D eigenvalue weighted by Crippen LogP contribution is 2.28. The van der Waals surface area contributed by atoms with E-state index in [1.165, 1.54) is 0 Å². The third-order valence-corrected chi connectivity index (χ3v) is 4.21. The van der Waals surface area contributed by atoms with Crippen LogP contribution < -0.4 is 10.2 Å². The third-order valence-electron chi connectivity index (χ3n) is 4.21. The van der Waals surface area contributed by atoms with Crippen molar-refractivity contribution in [2.45, 2.75) is 31.8 Å². The van der Waals surface area contributed by atoms with Gasteiger partial charge in [-0.2, -0.15) is 5.10 Å². The molecule has 2 N–H and O–H groups in total. The predicted octanol–water partition coefficient (Wildman–Crippen LogP) is 2.90. The van der Waals surface area contributed by atoms with Crippen molar-refractivity contribution >= 4 is 17.4 Å². The summed E-state index contributed by atoms with van der Waals surface area (Å²) in [6.45, 7) is 0.789. The standard InChI is InChI=1S/C18H24N4O2/c1-22(2)14-6-3-5-13(11-14)8-9-18(23)19-17-12-15(20-21-17)16-7-4-10-24-16/h3,5-6,11-12,16H,4,7-10H2,1-2H3,(H2,19,20,21,23)/t16-/m1/s1. The Bertz CT molecular complexity index is 690. The predicted molar refractivity (Wildman–Crippen MR) is 94.2 cm³/mol. The van der Waals surface area contributed by atoms with Crippen LogP contribution in [0.3, 0.4) is 0 Å². The van der Waals surface area contributed by atoms with E-state index in [1.54, 1.807) is 0 Å². The monoisotopic (exact) mass is 328 g/mol. The van der Waals surface area contributed by atoms with Gasteiger partial charge in [-0.15, -0.1) is 0 Å². The van der Waals surface area contributed by atoms with Crippen molar-refractivity contribution in [1.29, 1.82) is 0 Å². The Hall–Kier alpha value is -2.34. The van der Waals surface area contributed by atoms with Crippen molar-refractivity contribution in [1.82, 2.24) is 10.2 Å². The van der Waals surface area contributed by atoms with Gasteiger partial charge in [0.2, 0.25) is 5.91 Å². The maximum absolute atomic E-state index is 12.1. The number of benzene rings is 1. The number of H-pyrrole nitrogens is 1. The zero-order valence-electron chi connectivity index (χ0n) is 14.2. The van der Waals surface area contributed by atoms with Crippen LogP contribution in [-0.2, 0) is 16.0 Å². The molecular weight excluding hydrogens is 304 g/mol. The Morgan fingerprint density at radius 3 is 3.04 bits per heavy atom. The molecule has 3 rings (SSSR count). The maximum Gasteiger partial charge on any atom is 0.225 e. The molecule has 1 amide bonds. The van der Waals surface area contributed by atoms with Gasteiger partial charge in [0, 0.05) is 38.9 Å². The summed E-state index contributed by atoms with van der Waals surface area (Å²) in [5.41, 5.74) is 3.22. The molecule has 6 nitrogen and oxygen atoms in total. The normalized spacial score (nSPS) is 17.0. The smallest absolute Gasteiger partial charge is 0.225 e. The molecule has 0 saturated carbocycles. The summed E-state index contributed by atoms with van der Waals surface area (Å²) >= 11 is 0. The number of hydrogen-bond acceptors (Lipinski definition) is 4. The number of carbonyl (C=O) groups is 1. The zero-order chi connectivity index (χ0) is 16.9. The molecule has 2 heterocycles. The first-order valence-electron chi connectivity index (χ1n) is 8.35. The summed E-state index contributed by atoms with van der Waals surface area (Å²) < 4.78 is 5.61. The van der Waals surface area contributed by atoms with E-state index < -0.39 is 0 Å². The van der Waals surface area contributed by atoms with Crippen LogP contribution in [0.1, 0.15) is 36.6 Å². The molecule has 0 unspecified atom stereocenters. The van der Waals surface area contributed by atoms with Crippen molar-refractivity contribution in [2.75, 3.05) is 30.9 Å². The van der Waals surface area contributed by atoms with Gasteiger partial charge in [-0.1, -0.05) is 12.1 Å². The summed E-state index contributed by atoms with van der Waals surface area (Å²) in [5.74, 6) is 0.531. The number of hydrogen-bond donors (Lipinski definition) is 2. The zero-order valence-corrected chi connectivity index (χ0v) is 14.2. The molecule has 0 aliphatic carbocycles. The van der Waals surface area contributed by atoms with Gasteiger partial charge < -0.3 is 15.0 Å². The molecule has 1 aliphatic rings. The number of rotatable bonds is 6. The van der Waals surface area contributed by atoms with E-state index in [0.717, 1.165) is 36.4 Å². The molecule has 0 bridgehead atoms. The number of ether oxygens (including phenoxy) is 1. The number of nitrogens with one attached hydrogen (secondary N) is 2. The highest BCUT2D eigenvalue weighted by molar-refractivity contribution is 5.89. The van der Waals surface area contributed by atoms with E-state index in [0.29, 0.717) is 18.7 Å². The van der Waals surface area contributed by atoms with Gasteiger partial charge in [-0.05, 0) is 37.0 Å². The molecule has 2 aromatic rings. The summed E-state index contributed by atoms with van der Waals surface area (Å²) in [4.78, 5) is 14.2. The van der Waals surface area contributed by atoms with Gasteiger partial charge in [-0.3, -0.25) is 9.89 Å². The van der Waals surface area contributed by atoms with Gasteiger partial charge in [0.25, 0.3) is 0 Å². The average Bonchev–Trinajstić information content (AvgIpc) is 3.24. The lowest BCUT2D eigenvalue weighted by Gasteiger charge is -2.13. The van der Waals surface area contributed by atoms with E-state index >= 15 is 0 Å². The largest absolute Gasteiger partial charge is 0.378 e. The molecule has 1 aromatic heterocycles. The minimum atomic E-state index is -0.0318. The first-order valence-corrected chi connectivity index (χ1v) is 8.35. The SMILES string of the molecule is CN(C)c1cccc(CCC(=O)Nc2cc([C@H]3CCCO3)[nH]n2)c1. The number of aromatic nitrogens is 2. The topological polar surface area (TPSA) is 70.2 Å². The highest BCUT2D eigenvalue weighted by Gasteiger charge is 2.20. The van der Waals surface area contributed by atoms with Crippen LogP contribution in [0.4, 0.5) is 11.5 Å². The van der Waals surface area contributed by atoms with Gasteiger partial charge in [0.15, 0.2) is 5.82 Å². The number of amides is 1. The lowest BCUT2D eigenvalue weighted by atomic mass is 10.1. The van der Waals surface area contributed by atoms with Crippen LogP contribution in [-0.4, -0.2) is 36.8 Å². The molecule has 1 atom stereocenters. The van der Waals surface area contributed by atoms with E-state index in [1.807, 2.05) is 32.3 Å². The van der Waals surface area contributed by atoms with Crippen LogP contribution >= 0.6 is 0 Å². The number of aryl methyl sites for hydroxylation is 1. The van der Waals surface area contributed by atoms with Crippen molar-refractivity contribution in [2.24, 2.45) is 0 Å². The fraction of sp³-hybridized carbons (Fsp3) is 0.444. The quantitative estimate of drug-likeness (QED) is 0.855. The summed E-state index contributed by atoms with van der Waals surface area (Å²) in [5, 5.41) is 9.95. The van der Waals surface area contributed by atoms with E-state index in [-0.39, 0.29) is 12.0 Å². The molecule has 128 valence electrons. The van der Waals surface area contributed by atoms with E-state index in [2.05, 4.69) is 32.5 Å². The Kier molecular flexibility index (Phi) is 5.15. The highest BCUT2D eigenvalue weighted by atomic mass is 16.5. The Morgan fingerprint density at radius 2 is 2.29 bits per heavy atom. The number of aromatic amines is 1. The molecular formula is C18H24N4O2. The first-order chi connectivity index (χ1) is 11.6. The van der Waals surface area contributed by atoms with Gasteiger partial charge >= 0.3 is 0 Å². The Morgan fingerprint density at radius 1 is 1.42 bits per heavy atom. The van der Waals surface area contributed by atoms with Crippen molar-refractivity contribution in [3.8, 4) is 0 Å². The molecule has 0 radical (unpaired) electrons. The van der Waals surface area contributed by atoms with E-state index in [9.17, 15) is 4.79 Å². The first kappa shape index (κ1) is 16.5. The second-order valence-electron chi connectivity index (χ2n) is 6.32. The van der Waals surface area contributed by atoms with Gasteiger partial charge in [0.05, 0.1) is 11.8 Å². The van der Waals surface area contributed by atoms with Crippen LogP contribution in [0, 0.1) is 0 Å². The number of carbonyl (C=O) groups excluding carboxylic acids is 1. The molecule has 0 spiro atoms. The molecule has 1 aliphatic heterocycles. The second kappa shape index (κ2) is 7.49. The Balaban J connectivity index is 1.51. The van der Waals surface area contributed by atoms with Crippen LogP contribution in [0.5, 0.6) is 0 Å². The molecule has 1 saturated heterocycles. The lowest BCUT2D eigenvalue weighted by molar-refractivity contribution is -0.116. The third kappa shape index (κ3) is 4.14. The summed E-state index contributed by atoms with van der Waals surface area (Å²) in [6, 6.07) is 10.1. The van der Waals surface area contributed by atoms with Gasteiger partial charge in [-0.25, -0.2) is 0 Å². The maximum atomic E-state index is 12.1. The van der Waals surface area contributed by atoms with Crippen molar-refractivity contribution in [3.63, 3.8) is 0 Å². The van der Waals surface area contributed by atoms with E-state index in [4.69, 9.17) is 4.74 Å². The minimum Gasteiger partial charge on any atom is -0.378 e. The Labute approximate surface area is 142 Å². The van der Waals surface area contributed by atoms with Crippen molar-refractivity contribution < 1.29 is 9.53 Å². The van der Waals surface area contributed by atoms with Gasteiger partial charge in [0.1, 0.15) is 0 Å². The molecule has 24 heavy (non-hydrogen) atoms. The number of nitrogens with zero attached hydrogens (tertiary/aromatic N) is 2. The average molecular weight is 328 g/mol. The fourth-order valence-electron chi connectivity index (χ4n) is 2.84. The molecule has 1 aromatic carbocycles. The van der Waals surface area contributed by atoms with Crippen molar-refractivity contribution in [3.05, 3.63) is 41.6 Å². The van der Waals surface area contributed by atoms with Crippen LogP contribution in [0.2, 0.25) is 0 Å².